The summed E-state index contributed by atoms with van der Waals surface area (Å²) < 4.78 is 54.2. The zero-order valence-electron chi connectivity index (χ0n) is 16.4. The van der Waals surface area contributed by atoms with E-state index in [0.717, 1.165) is 25.0 Å². The van der Waals surface area contributed by atoms with Crippen LogP contribution < -0.4 is 5.32 Å². The van der Waals surface area contributed by atoms with Crippen molar-refractivity contribution in [1.29, 1.82) is 0 Å². The molecule has 164 valence electrons. The van der Waals surface area contributed by atoms with E-state index in [1.807, 2.05) is 0 Å². The number of benzene rings is 1. The SMILES string of the molecule is COCCOCc1nc(C2CCCCN2C(=O)Nc2cccc(C(F)(F)F)c2)no1. The number of halogens is 3. The van der Waals surface area contributed by atoms with Crippen LogP contribution in [0.3, 0.4) is 0 Å². The van der Waals surface area contributed by atoms with Gasteiger partial charge >= 0.3 is 12.2 Å². The Morgan fingerprint density at radius 3 is 2.93 bits per heavy atom. The van der Waals surface area contributed by atoms with E-state index < -0.39 is 23.8 Å². The van der Waals surface area contributed by atoms with Crippen LogP contribution in [-0.2, 0) is 22.3 Å². The molecule has 8 nitrogen and oxygen atoms in total. The summed E-state index contributed by atoms with van der Waals surface area (Å²) in [7, 11) is 1.57. The fourth-order valence-corrected chi connectivity index (χ4v) is 3.18. The van der Waals surface area contributed by atoms with Gasteiger partial charge in [-0.2, -0.15) is 18.2 Å². The summed E-state index contributed by atoms with van der Waals surface area (Å²) >= 11 is 0. The average molecular weight is 428 g/mol. The van der Waals surface area contributed by atoms with Crippen molar-refractivity contribution in [1.82, 2.24) is 15.0 Å². The van der Waals surface area contributed by atoms with Crippen LogP contribution in [0.15, 0.2) is 28.8 Å². The van der Waals surface area contributed by atoms with Gasteiger partial charge in [0.2, 0.25) is 0 Å². The van der Waals surface area contributed by atoms with Gasteiger partial charge in [-0.1, -0.05) is 11.2 Å². The first-order chi connectivity index (χ1) is 14.4. The van der Waals surface area contributed by atoms with Crippen LogP contribution in [0, 0.1) is 0 Å². The number of amides is 2. The lowest BCUT2D eigenvalue weighted by Crippen LogP contribution is -2.41. The molecule has 2 amide bonds. The van der Waals surface area contributed by atoms with Gasteiger partial charge in [-0.15, -0.1) is 0 Å². The van der Waals surface area contributed by atoms with Crippen molar-refractivity contribution in [2.24, 2.45) is 0 Å². The highest BCUT2D eigenvalue weighted by Crippen LogP contribution is 2.32. The standard InChI is InChI=1S/C19H23F3N4O4/c1-28-9-10-29-12-16-24-17(25-30-16)15-7-2-3-8-26(15)18(27)23-14-6-4-5-13(11-14)19(20,21)22/h4-6,11,15H,2-3,7-10,12H2,1H3,(H,23,27). The number of hydrogen-bond acceptors (Lipinski definition) is 6. The summed E-state index contributed by atoms with van der Waals surface area (Å²) in [6.07, 6.45) is -2.22. The normalized spacial score (nSPS) is 17.2. The number of alkyl halides is 3. The molecule has 30 heavy (non-hydrogen) atoms. The van der Waals surface area contributed by atoms with E-state index in [1.54, 1.807) is 7.11 Å². The summed E-state index contributed by atoms with van der Waals surface area (Å²) in [6, 6.07) is 3.58. The molecule has 0 radical (unpaired) electrons. The number of carbonyl (C=O) groups is 1. The minimum Gasteiger partial charge on any atom is -0.382 e. The minimum absolute atomic E-state index is 0.0690. The Hall–Kier alpha value is -2.66. The van der Waals surface area contributed by atoms with Crippen molar-refractivity contribution in [3.63, 3.8) is 0 Å². The summed E-state index contributed by atoms with van der Waals surface area (Å²) in [5.41, 5.74) is -0.758. The summed E-state index contributed by atoms with van der Waals surface area (Å²) in [5, 5.41) is 6.50. The van der Waals surface area contributed by atoms with Gasteiger partial charge in [0.05, 0.1) is 24.8 Å². The maximum Gasteiger partial charge on any atom is 0.416 e. The third kappa shape index (κ3) is 5.70. The smallest absolute Gasteiger partial charge is 0.382 e. The molecule has 11 heteroatoms. The van der Waals surface area contributed by atoms with E-state index in [2.05, 4.69) is 15.5 Å². The molecule has 1 aliphatic heterocycles. The predicted molar refractivity (Wildman–Crippen MR) is 99.6 cm³/mol. The molecular formula is C19H23F3N4O4. The molecule has 2 heterocycles. The average Bonchev–Trinajstić information content (AvgIpc) is 3.19. The zero-order chi connectivity index (χ0) is 21.6. The van der Waals surface area contributed by atoms with Crippen molar-refractivity contribution in [2.45, 2.75) is 38.1 Å². The van der Waals surface area contributed by atoms with Crippen molar-refractivity contribution in [2.75, 3.05) is 32.2 Å². The van der Waals surface area contributed by atoms with E-state index in [-0.39, 0.29) is 18.2 Å². The van der Waals surface area contributed by atoms with Gasteiger partial charge in [0.25, 0.3) is 5.89 Å². The van der Waals surface area contributed by atoms with Crippen molar-refractivity contribution < 1.29 is 32.0 Å². The van der Waals surface area contributed by atoms with Crippen LogP contribution in [0.4, 0.5) is 23.7 Å². The number of anilines is 1. The van der Waals surface area contributed by atoms with Crippen molar-refractivity contribution >= 4 is 11.7 Å². The van der Waals surface area contributed by atoms with Crippen LogP contribution >= 0.6 is 0 Å². The largest absolute Gasteiger partial charge is 0.416 e. The van der Waals surface area contributed by atoms with E-state index >= 15 is 0 Å². The second kappa shape index (κ2) is 9.90. The molecule has 1 aromatic heterocycles. The molecule has 1 unspecified atom stereocenters. The quantitative estimate of drug-likeness (QED) is 0.671. The number of rotatable bonds is 7. The molecule has 1 saturated heterocycles. The first kappa shape index (κ1) is 22.0. The number of urea groups is 1. The number of hydrogen-bond donors (Lipinski definition) is 1. The maximum atomic E-state index is 12.9. The van der Waals surface area contributed by atoms with Crippen LogP contribution in [0.5, 0.6) is 0 Å². The number of nitrogens with zero attached hydrogens (tertiary/aromatic N) is 3. The lowest BCUT2D eigenvalue weighted by Gasteiger charge is -2.33. The third-order valence-electron chi connectivity index (χ3n) is 4.64. The Bertz CT molecular complexity index is 843. The second-order valence-corrected chi connectivity index (χ2v) is 6.81. The Balaban J connectivity index is 1.67. The first-order valence-electron chi connectivity index (χ1n) is 9.52. The lowest BCUT2D eigenvalue weighted by atomic mass is 10.0. The monoisotopic (exact) mass is 428 g/mol. The maximum absolute atomic E-state index is 12.9. The van der Waals surface area contributed by atoms with Crippen LogP contribution in [0.25, 0.3) is 0 Å². The fraction of sp³-hybridized carbons (Fsp3) is 0.526. The Morgan fingerprint density at radius 1 is 1.33 bits per heavy atom. The number of methoxy groups -OCH3 is 1. The highest BCUT2D eigenvalue weighted by Gasteiger charge is 2.33. The van der Waals surface area contributed by atoms with E-state index in [9.17, 15) is 18.0 Å². The van der Waals surface area contributed by atoms with Gasteiger partial charge in [-0.3, -0.25) is 0 Å². The highest BCUT2D eigenvalue weighted by molar-refractivity contribution is 5.89. The highest BCUT2D eigenvalue weighted by atomic mass is 19.4. The van der Waals surface area contributed by atoms with Crippen LogP contribution in [0.2, 0.25) is 0 Å². The molecule has 1 fully saturated rings. The Labute approximate surface area is 171 Å². The molecule has 1 atom stereocenters. The van der Waals surface area contributed by atoms with Gasteiger partial charge in [0, 0.05) is 19.3 Å². The third-order valence-corrected chi connectivity index (χ3v) is 4.64. The number of likely N-dealkylation sites (tertiary alicyclic amines) is 1. The lowest BCUT2D eigenvalue weighted by molar-refractivity contribution is -0.137. The van der Waals surface area contributed by atoms with Gasteiger partial charge < -0.3 is 24.2 Å². The number of nitrogens with one attached hydrogen (secondary N) is 1. The van der Waals surface area contributed by atoms with E-state index in [0.29, 0.717) is 32.0 Å². The number of piperidine rings is 1. The molecule has 1 N–H and O–H groups in total. The summed E-state index contributed by atoms with van der Waals surface area (Å²) in [5.74, 6) is 0.629. The molecule has 3 rings (SSSR count). The minimum atomic E-state index is -4.49. The molecule has 0 aliphatic carbocycles. The first-order valence-corrected chi connectivity index (χ1v) is 9.52. The molecule has 0 spiro atoms. The second-order valence-electron chi connectivity index (χ2n) is 6.81. The molecular weight excluding hydrogens is 405 g/mol. The number of aromatic nitrogens is 2. The van der Waals surface area contributed by atoms with E-state index in [1.165, 1.54) is 17.0 Å². The van der Waals surface area contributed by atoms with Crippen molar-refractivity contribution in [3.8, 4) is 0 Å². The Morgan fingerprint density at radius 2 is 2.17 bits per heavy atom. The molecule has 1 aromatic carbocycles. The summed E-state index contributed by atoms with van der Waals surface area (Å²) in [4.78, 5) is 18.6. The molecule has 2 aromatic rings. The summed E-state index contributed by atoms with van der Waals surface area (Å²) in [6.45, 7) is 1.37. The number of carbonyl (C=O) groups excluding carboxylic acids is 1. The van der Waals surface area contributed by atoms with Gasteiger partial charge in [-0.25, -0.2) is 4.79 Å². The fourth-order valence-electron chi connectivity index (χ4n) is 3.18. The predicted octanol–water partition coefficient (Wildman–Crippen LogP) is 4.01. The molecule has 0 saturated carbocycles. The molecule has 1 aliphatic rings. The number of ether oxygens (including phenoxy) is 2. The van der Waals surface area contributed by atoms with Crippen molar-refractivity contribution in [3.05, 3.63) is 41.5 Å². The van der Waals surface area contributed by atoms with Gasteiger partial charge in [0.1, 0.15) is 6.61 Å². The zero-order valence-corrected chi connectivity index (χ0v) is 16.4. The topological polar surface area (TPSA) is 89.7 Å². The van der Waals surface area contributed by atoms with E-state index in [4.69, 9.17) is 14.0 Å². The van der Waals surface area contributed by atoms with Crippen LogP contribution in [-0.4, -0.2) is 47.9 Å². The van der Waals surface area contributed by atoms with Crippen LogP contribution in [0.1, 0.15) is 42.6 Å². The van der Waals surface area contributed by atoms with Gasteiger partial charge in [-0.05, 0) is 37.5 Å². The molecule has 0 bridgehead atoms. The van der Waals surface area contributed by atoms with Gasteiger partial charge in [0.15, 0.2) is 5.82 Å². The Kier molecular flexibility index (Phi) is 7.27.